The largest absolute Gasteiger partial charge is 0.480 e. The molecule has 4 unspecified atom stereocenters. The average molecular weight is 534 g/mol. The maximum absolute atomic E-state index is 12.9. The van der Waals surface area contributed by atoms with Crippen LogP contribution in [-0.4, -0.2) is 83.0 Å². The lowest BCUT2D eigenvalue weighted by atomic mass is 10.1. The number of amides is 5. The van der Waals surface area contributed by atoms with E-state index in [1.807, 2.05) is 0 Å². The molecule has 0 saturated carbocycles. The number of carbonyl (C=O) groups is 6. The molecule has 0 aromatic carbocycles. The molecule has 0 bridgehead atoms. The van der Waals surface area contributed by atoms with Gasteiger partial charge in [-0.05, 0) is 25.7 Å². The molecule has 0 saturated heterocycles. The van der Waals surface area contributed by atoms with Gasteiger partial charge in [0.25, 0.3) is 0 Å². The molecule has 0 fully saturated rings. The van der Waals surface area contributed by atoms with Crippen molar-refractivity contribution in [2.75, 3.05) is 12.3 Å². The van der Waals surface area contributed by atoms with Crippen LogP contribution in [0.4, 0.5) is 0 Å². The van der Waals surface area contributed by atoms with Gasteiger partial charge in [0.15, 0.2) is 5.96 Å². The zero-order valence-corrected chi connectivity index (χ0v) is 20.5. The summed E-state index contributed by atoms with van der Waals surface area (Å²) < 4.78 is 0. The second-order valence-corrected chi connectivity index (χ2v) is 8.13. The van der Waals surface area contributed by atoms with Gasteiger partial charge >= 0.3 is 5.97 Å². The van der Waals surface area contributed by atoms with E-state index in [0.29, 0.717) is 0 Å². The normalized spacial score (nSPS) is 13.8. The van der Waals surface area contributed by atoms with Gasteiger partial charge in [-0.2, -0.15) is 12.6 Å². The molecule has 36 heavy (non-hydrogen) atoms. The number of carboxylic acids is 1. The van der Waals surface area contributed by atoms with Crippen molar-refractivity contribution in [3.05, 3.63) is 0 Å². The number of nitrogens with one attached hydrogen (secondary N) is 3. The summed E-state index contributed by atoms with van der Waals surface area (Å²) in [5.74, 6) is -5.57. The number of nitrogens with two attached hydrogens (primary N) is 5. The van der Waals surface area contributed by atoms with Crippen molar-refractivity contribution in [1.29, 1.82) is 0 Å². The molecule has 0 radical (unpaired) electrons. The van der Waals surface area contributed by atoms with E-state index in [1.165, 1.54) is 0 Å². The van der Waals surface area contributed by atoms with E-state index in [0.717, 1.165) is 0 Å². The predicted octanol–water partition coefficient (Wildman–Crippen LogP) is -4.63. The number of aliphatic imine (C=N–C) groups is 1. The number of carboxylic acid groups (broad SMARTS) is 1. The Bertz CT molecular complexity index is 836. The van der Waals surface area contributed by atoms with Gasteiger partial charge < -0.3 is 49.7 Å². The summed E-state index contributed by atoms with van der Waals surface area (Å²) in [5.41, 5.74) is 26.4. The molecule has 14 N–H and O–H groups in total. The van der Waals surface area contributed by atoms with Crippen LogP contribution in [0.25, 0.3) is 0 Å². The van der Waals surface area contributed by atoms with E-state index in [-0.39, 0.29) is 56.8 Å². The van der Waals surface area contributed by atoms with Gasteiger partial charge in [-0.3, -0.25) is 29.0 Å². The molecule has 16 nitrogen and oxygen atoms in total. The fourth-order valence-corrected chi connectivity index (χ4v) is 3.02. The minimum Gasteiger partial charge on any atom is -0.480 e. The van der Waals surface area contributed by atoms with Crippen LogP contribution >= 0.6 is 12.6 Å². The highest BCUT2D eigenvalue weighted by Crippen LogP contribution is 2.04. The van der Waals surface area contributed by atoms with Crippen LogP contribution in [0, 0.1) is 0 Å². The van der Waals surface area contributed by atoms with Crippen LogP contribution in [0.2, 0.25) is 0 Å². The van der Waals surface area contributed by atoms with Crippen LogP contribution in [-0.2, 0) is 28.8 Å². The number of hydrogen-bond acceptors (Lipinski definition) is 9. The highest BCUT2D eigenvalue weighted by atomic mass is 32.1. The highest BCUT2D eigenvalue weighted by Gasteiger charge is 2.29. The summed E-state index contributed by atoms with van der Waals surface area (Å²) in [6.07, 6.45) is -0.413. The average Bonchev–Trinajstić information content (AvgIpc) is 2.79. The number of hydrogen-bond donors (Lipinski definition) is 10. The number of guanidine groups is 1. The Morgan fingerprint density at radius 2 is 1.25 bits per heavy atom. The van der Waals surface area contributed by atoms with E-state index < -0.39 is 59.7 Å². The van der Waals surface area contributed by atoms with Gasteiger partial charge in [-0.1, -0.05) is 0 Å². The second kappa shape index (κ2) is 16.9. The summed E-state index contributed by atoms with van der Waals surface area (Å²) in [7, 11) is 0. The first kappa shape index (κ1) is 32.4. The molecule has 0 heterocycles. The smallest absolute Gasteiger partial charge is 0.326 e. The van der Waals surface area contributed by atoms with Crippen molar-refractivity contribution < 1.29 is 33.9 Å². The van der Waals surface area contributed by atoms with Crippen LogP contribution in [0.3, 0.4) is 0 Å². The molecule has 0 aliphatic heterocycles. The number of carbonyl (C=O) groups excluding carboxylic acids is 5. The molecule has 4 atom stereocenters. The highest BCUT2D eigenvalue weighted by molar-refractivity contribution is 7.80. The molecule has 17 heteroatoms. The molecular formula is C19H35N9O7S. The summed E-state index contributed by atoms with van der Waals surface area (Å²) in [6.45, 7) is 0.145. The Morgan fingerprint density at radius 1 is 0.750 bits per heavy atom. The van der Waals surface area contributed by atoms with E-state index in [9.17, 15) is 33.9 Å². The van der Waals surface area contributed by atoms with Crippen molar-refractivity contribution in [2.45, 2.75) is 62.7 Å². The summed E-state index contributed by atoms with van der Waals surface area (Å²) in [5, 5.41) is 16.3. The zero-order chi connectivity index (χ0) is 27.8. The van der Waals surface area contributed by atoms with E-state index >= 15 is 0 Å². The van der Waals surface area contributed by atoms with Crippen LogP contribution in [0.15, 0.2) is 4.99 Å². The third kappa shape index (κ3) is 14.0. The molecule has 0 aliphatic rings. The third-order valence-corrected chi connectivity index (χ3v) is 5.09. The molecule has 0 aliphatic carbocycles. The summed E-state index contributed by atoms with van der Waals surface area (Å²) in [6, 6.07) is -5.01. The van der Waals surface area contributed by atoms with Crippen molar-refractivity contribution in [2.24, 2.45) is 33.7 Å². The second-order valence-electron chi connectivity index (χ2n) is 7.77. The maximum atomic E-state index is 12.9. The molecule has 0 aromatic heterocycles. The fourth-order valence-electron chi connectivity index (χ4n) is 2.76. The Labute approximate surface area is 212 Å². The van der Waals surface area contributed by atoms with Crippen molar-refractivity contribution >= 4 is 54.1 Å². The Balaban J connectivity index is 5.37. The van der Waals surface area contributed by atoms with E-state index in [4.69, 9.17) is 28.7 Å². The third-order valence-electron chi connectivity index (χ3n) is 4.73. The molecule has 0 aromatic rings. The summed E-state index contributed by atoms with van der Waals surface area (Å²) >= 11 is 4.02. The number of nitrogens with zero attached hydrogens (tertiary/aromatic N) is 1. The molecule has 204 valence electrons. The number of rotatable bonds is 18. The molecule has 5 amide bonds. The lowest BCUT2D eigenvalue weighted by Gasteiger charge is -2.24. The van der Waals surface area contributed by atoms with Crippen molar-refractivity contribution in [3.8, 4) is 0 Å². The number of thiol groups is 1. The minimum absolute atomic E-state index is 0.0486. The van der Waals surface area contributed by atoms with Gasteiger partial charge in [0.2, 0.25) is 29.5 Å². The molecular weight excluding hydrogens is 498 g/mol. The van der Waals surface area contributed by atoms with Crippen LogP contribution in [0.5, 0.6) is 0 Å². The standard InChI is InChI=1S/C19H35N9O7S/c20-9(3-5-13(21)29)15(31)26-10(2-1-7-25-19(23)24)16(32)28-12(8-36)17(33)27-11(18(34)35)4-6-14(22)30/h9-12,36H,1-8,20H2,(H2,21,29)(H2,22,30)(H,26,31)(H,27,33)(H,28,32)(H,34,35)(H4,23,24,25). The van der Waals surface area contributed by atoms with Gasteiger partial charge in [0.05, 0.1) is 6.04 Å². The first-order valence-electron chi connectivity index (χ1n) is 10.9. The fraction of sp³-hybridized carbons (Fsp3) is 0.632. The monoisotopic (exact) mass is 533 g/mol. The predicted molar refractivity (Wildman–Crippen MR) is 132 cm³/mol. The Hall–Kier alpha value is -3.60. The maximum Gasteiger partial charge on any atom is 0.326 e. The van der Waals surface area contributed by atoms with Gasteiger partial charge in [0, 0.05) is 25.1 Å². The summed E-state index contributed by atoms with van der Waals surface area (Å²) in [4.78, 5) is 74.9. The molecule has 0 rings (SSSR count). The van der Waals surface area contributed by atoms with E-state index in [2.05, 4.69) is 33.6 Å². The Kier molecular flexibility index (Phi) is 15.2. The van der Waals surface area contributed by atoms with Crippen LogP contribution < -0.4 is 44.6 Å². The topological polar surface area (TPSA) is 301 Å². The molecule has 0 spiro atoms. The van der Waals surface area contributed by atoms with Crippen LogP contribution in [0.1, 0.15) is 38.5 Å². The Morgan fingerprint density at radius 3 is 1.75 bits per heavy atom. The van der Waals surface area contributed by atoms with Gasteiger partial charge in [-0.15, -0.1) is 0 Å². The zero-order valence-electron chi connectivity index (χ0n) is 19.6. The van der Waals surface area contributed by atoms with Gasteiger partial charge in [0.1, 0.15) is 18.1 Å². The van der Waals surface area contributed by atoms with E-state index in [1.54, 1.807) is 0 Å². The quantitative estimate of drug-likeness (QED) is 0.0347. The van der Waals surface area contributed by atoms with Gasteiger partial charge in [-0.25, -0.2) is 4.79 Å². The first-order chi connectivity index (χ1) is 16.8. The lowest BCUT2D eigenvalue weighted by molar-refractivity contribution is -0.142. The minimum atomic E-state index is -1.43. The number of primary amides is 2. The lowest BCUT2D eigenvalue weighted by Crippen LogP contribution is -2.57. The first-order valence-corrected chi connectivity index (χ1v) is 11.5. The SMILES string of the molecule is NC(=O)CCC(N)C(=O)NC(CCCN=C(N)N)C(=O)NC(CS)C(=O)NC(CCC(N)=O)C(=O)O. The number of aliphatic carboxylic acids is 1. The van der Waals surface area contributed by atoms with Crippen molar-refractivity contribution in [1.82, 2.24) is 16.0 Å². The van der Waals surface area contributed by atoms with Crippen molar-refractivity contribution in [3.63, 3.8) is 0 Å².